The summed E-state index contributed by atoms with van der Waals surface area (Å²) in [5.41, 5.74) is 2.07. The molecule has 0 aromatic heterocycles. The Labute approximate surface area is 105 Å². The van der Waals surface area contributed by atoms with Crippen LogP contribution in [0.15, 0.2) is 48.5 Å². The third-order valence-electron chi connectivity index (χ3n) is 2.49. The molecule has 0 spiro atoms. The smallest absolute Gasteiger partial charge is 0.228 e. The zero-order valence-electron chi connectivity index (χ0n) is 9.63. The second kappa shape index (κ2) is 5.23. The minimum Gasteiger partial charge on any atom is -0.508 e. The standard InChI is InChI=1S/C8H7NO.C6H6O2/c10-8-5-6-3-1-2-4-7(6)9-8;7-5-1-2-6(8)4-3-5/h1-4H,5H2,(H,9,10);1-4,7-8H. The first-order valence-corrected chi connectivity index (χ1v) is 5.51. The quantitative estimate of drug-likeness (QED) is 0.622. The molecular formula is C14H13NO3. The van der Waals surface area contributed by atoms with Gasteiger partial charge in [0, 0.05) is 5.69 Å². The highest BCUT2D eigenvalue weighted by Crippen LogP contribution is 2.21. The van der Waals surface area contributed by atoms with Gasteiger partial charge >= 0.3 is 0 Å². The van der Waals surface area contributed by atoms with Crippen LogP contribution < -0.4 is 5.32 Å². The van der Waals surface area contributed by atoms with Gasteiger partial charge in [0.05, 0.1) is 6.42 Å². The molecule has 3 rings (SSSR count). The fourth-order valence-electron chi connectivity index (χ4n) is 1.62. The van der Waals surface area contributed by atoms with Gasteiger partial charge in [-0.25, -0.2) is 0 Å². The summed E-state index contributed by atoms with van der Waals surface area (Å²) in [4.78, 5) is 10.8. The molecule has 0 bridgehead atoms. The molecule has 92 valence electrons. The SMILES string of the molecule is O=C1Cc2ccccc2N1.Oc1ccc(O)cc1. The lowest BCUT2D eigenvalue weighted by Crippen LogP contribution is -2.03. The number of para-hydroxylation sites is 1. The van der Waals surface area contributed by atoms with E-state index in [1.54, 1.807) is 0 Å². The first kappa shape index (κ1) is 12.0. The largest absolute Gasteiger partial charge is 0.508 e. The van der Waals surface area contributed by atoms with Gasteiger partial charge in [-0.15, -0.1) is 0 Å². The van der Waals surface area contributed by atoms with Crippen LogP contribution in [0.4, 0.5) is 5.69 Å². The molecule has 2 aromatic rings. The van der Waals surface area contributed by atoms with Crippen molar-refractivity contribution in [2.75, 3.05) is 5.32 Å². The maximum Gasteiger partial charge on any atom is 0.228 e. The molecule has 2 aromatic carbocycles. The first-order chi connectivity index (χ1) is 8.65. The number of amides is 1. The van der Waals surface area contributed by atoms with Crippen molar-refractivity contribution in [3.05, 3.63) is 54.1 Å². The van der Waals surface area contributed by atoms with Crippen LogP contribution in [-0.2, 0) is 11.2 Å². The summed E-state index contributed by atoms with van der Waals surface area (Å²) in [5, 5.41) is 20.0. The fraction of sp³-hybridized carbons (Fsp3) is 0.0714. The lowest BCUT2D eigenvalue weighted by atomic mass is 10.2. The van der Waals surface area contributed by atoms with Crippen LogP contribution in [0, 0.1) is 0 Å². The second-order valence-corrected chi connectivity index (χ2v) is 3.90. The molecule has 18 heavy (non-hydrogen) atoms. The number of rotatable bonds is 0. The van der Waals surface area contributed by atoms with Crippen LogP contribution >= 0.6 is 0 Å². The Balaban J connectivity index is 0.000000138. The molecule has 3 N–H and O–H groups in total. The van der Waals surface area contributed by atoms with Crippen LogP contribution in [0.1, 0.15) is 5.56 Å². The summed E-state index contributed by atoms with van der Waals surface area (Å²) in [6.45, 7) is 0. The van der Waals surface area contributed by atoms with Gasteiger partial charge in [-0.2, -0.15) is 0 Å². The van der Waals surface area contributed by atoms with Gasteiger partial charge in [0.1, 0.15) is 11.5 Å². The average molecular weight is 243 g/mol. The lowest BCUT2D eigenvalue weighted by molar-refractivity contribution is -0.115. The highest BCUT2D eigenvalue weighted by atomic mass is 16.3. The number of phenols is 2. The average Bonchev–Trinajstić information content (AvgIpc) is 2.74. The van der Waals surface area contributed by atoms with Crippen molar-refractivity contribution in [2.24, 2.45) is 0 Å². The van der Waals surface area contributed by atoms with E-state index in [-0.39, 0.29) is 17.4 Å². The first-order valence-electron chi connectivity index (χ1n) is 5.51. The summed E-state index contributed by atoms with van der Waals surface area (Å²) in [5.74, 6) is 0.437. The molecule has 0 saturated carbocycles. The Morgan fingerprint density at radius 3 is 2.00 bits per heavy atom. The minimum absolute atomic E-state index is 0.0983. The second-order valence-electron chi connectivity index (χ2n) is 3.90. The Bertz CT molecular complexity index is 501. The number of carbonyl (C=O) groups is 1. The lowest BCUT2D eigenvalue weighted by Gasteiger charge is -1.93. The molecule has 4 heteroatoms. The monoisotopic (exact) mass is 243 g/mol. The summed E-state index contributed by atoms with van der Waals surface area (Å²) >= 11 is 0. The van der Waals surface area contributed by atoms with E-state index in [2.05, 4.69) is 5.32 Å². The van der Waals surface area contributed by atoms with Crippen molar-refractivity contribution in [1.82, 2.24) is 0 Å². The molecule has 1 amide bonds. The number of hydrogen-bond donors (Lipinski definition) is 3. The molecule has 1 aliphatic rings. The van der Waals surface area contributed by atoms with E-state index < -0.39 is 0 Å². The molecule has 0 atom stereocenters. The molecule has 0 radical (unpaired) electrons. The Hall–Kier alpha value is -2.49. The van der Waals surface area contributed by atoms with Crippen LogP contribution in [0.3, 0.4) is 0 Å². The van der Waals surface area contributed by atoms with E-state index in [9.17, 15) is 4.79 Å². The van der Waals surface area contributed by atoms with Crippen LogP contribution in [0.2, 0.25) is 0 Å². The van der Waals surface area contributed by atoms with Crippen molar-refractivity contribution in [3.8, 4) is 11.5 Å². The van der Waals surface area contributed by atoms with Gasteiger partial charge < -0.3 is 15.5 Å². The fourth-order valence-corrected chi connectivity index (χ4v) is 1.62. The van der Waals surface area contributed by atoms with Crippen LogP contribution in [0.25, 0.3) is 0 Å². The van der Waals surface area contributed by atoms with Crippen molar-refractivity contribution in [3.63, 3.8) is 0 Å². The van der Waals surface area contributed by atoms with Crippen molar-refractivity contribution in [1.29, 1.82) is 0 Å². The summed E-state index contributed by atoms with van der Waals surface area (Å²) in [7, 11) is 0. The number of aromatic hydroxyl groups is 2. The zero-order valence-corrected chi connectivity index (χ0v) is 9.63. The molecule has 0 unspecified atom stereocenters. The maximum absolute atomic E-state index is 10.8. The van der Waals surface area contributed by atoms with Gasteiger partial charge in [0.25, 0.3) is 0 Å². The van der Waals surface area contributed by atoms with Crippen molar-refractivity contribution in [2.45, 2.75) is 6.42 Å². The highest BCUT2D eigenvalue weighted by Gasteiger charge is 2.15. The summed E-state index contributed by atoms with van der Waals surface area (Å²) in [6, 6.07) is 13.5. The molecular weight excluding hydrogens is 230 g/mol. The Morgan fingerprint density at radius 2 is 1.44 bits per heavy atom. The van der Waals surface area contributed by atoms with Gasteiger partial charge in [0.2, 0.25) is 5.91 Å². The van der Waals surface area contributed by atoms with Gasteiger partial charge in [-0.3, -0.25) is 4.79 Å². The van der Waals surface area contributed by atoms with Gasteiger partial charge in [0.15, 0.2) is 0 Å². The number of anilines is 1. The molecule has 1 heterocycles. The Kier molecular flexibility index (Phi) is 3.48. The predicted molar refractivity (Wildman–Crippen MR) is 68.5 cm³/mol. The van der Waals surface area contributed by atoms with Crippen molar-refractivity contribution < 1.29 is 15.0 Å². The number of fused-ring (bicyclic) bond motifs is 1. The topological polar surface area (TPSA) is 69.6 Å². The summed E-state index contributed by atoms with van der Waals surface area (Å²) in [6.07, 6.45) is 0.538. The number of benzene rings is 2. The van der Waals surface area contributed by atoms with E-state index in [0.717, 1.165) is 11.3 Å². The predicted octanol–water partition coefficient (Wildman–Crippen LogP) is 2.28. The minimum atomic E-state index is 0.0983. The maximum atomic E-state index is 10.8. The normalized spacial score (nSPS) is 12.1. The van der Waals surface area contributed by atoms with E-state index in [0.29, 0.717) is 6.42 Å². The third kappa shape index (κ3) is 3.01. The molecule has 1 aliphatic heterocycles. The highest BCUT2D eigenvalue weighted by molar-refractivity contribution is 5.98. The van der Waals surface area contributed by atoms with E-state index >= 15 is 0 Å². The number of phenolic OH excluding ortho intramolecular Hbond substituents is 2. The molecule has 4 nitrogen and oxygen atoms in total. The van der Waals surface area contributed by atoms with E-state index in [1.165, 1.54) is 24.3 Å². The summed E-state index contributed by atoms with van der Waals surface area (Å²) < 4.78 is 0. The number of hydrogen-bond acceptors (Lipinski definition) is 3. The van der Waals surface area contributed by atoms with Crippen molar-refractivity contribution >= 4 is 11.6 Å². The molecule has 0 fully saturated rings. The molecule has 0 saturated heterocycles. The van der Waals surface area contributed by atoms with Crippen LogP contribution in [0.5, 0.6) is 11.5 Å². The molecule has 0 aliphatic carbocycles. The zero-order chi connectivity index (χ0) is 13.0. The van der Waals surface area contributed by atoms with Gasteiger partial charge in [-0.05, 0) is 35.9 Å². The van der Waals surface area contributed by atoms with E-state index in [4.69, 9.17) is 10.2 Å². The van der Waals surface area contributed by atoms with E-state index in [1.807, 2.05) is 24.3 Å². The number of nitrogens with one attached hydrogen (secondary N) is 1. The van der Waals surface area contributed by atoms with Crippen LogP contribution in [-0.4, -0.2) is 16.1 Å². The Morgan fingerprint density at radius 1 is 0.889 bits per heavy atom. The number of carbonyl (C=O) groups excluding carboxylic acids is 1. The third-order valence-corrected chi connectivity index (χ3v) is 2.49. The van der Waals surface area contributed by atoms with Gasteiger partial charge in [-0.1, -0.05) is 18.2 Å².